The lowest BCUT2D eigenvalue weighted by Gasteiger charge is -2.32. The summed E-state index contributed by atoms with van der Waals surface area (Å²) in [6.45, 7) is 6.77. The number of aromatic nitrogens is 2. The van der Waals surface area contributed by atoms with E-state index in [2.05, 4.69) is 21.4 Å². The number of carbonyl (C=O) groups excluding carboxylic acids is 1. The normalized spacial score (nSPS) is 20.1. The zero-order chi connectivity index (χ0) is 34.7. The molecule has 0 aliphatic carbocycles. The van der Waals surface area contributed by atoms with Crippen LogP contribution in [0.25, 0.3) is 32.1 Å². The van der Waals surface area contributed by atoms with E-state index in [0.717, 1.165) is 37.6 Å². The molecule has 2 aliphatic heterocycles. The summed E-state index contributed by atoms with van der Waals surface area (Å²) < 4.78 is 82.4. The number of likely N-dealkylation sites (N-methyl/N-ethyl adjacent to an activating group) is 2. The Labute approximate surface area is 277 Å². The van der Waals surface area contributed by atoms with Gasteiger partial charge in [0.25, 0.3) is 0 Å². The SMILES string of the molecule is C=CC(=O)N1CC[C@@H](N(C)c2nc(OC[C@@H]3CCCN3C)nc3c(F)c(-c4ccc(F)c5sc(N)c(C#N)c45)c(C(F)(F)F)cc23)[C@H]1C. The highest BCUT2D eigenvalue weighted by atomic mass is 32.1. The molecular weight excluding hydrogens is 653 g/mol. The average Bonchev–Trinajstić information content (AvgIpc) is 3.75. The molecule has 2 aromatic carbocycles. The van der Waals surface area contributed by atoms with Crippen LogP contribution in [0, 0.1) is 23.0 Å². The van der Waals surface area contributed by atoms with Crippen LogP contribution in [0.1, 0.15) is 37.3 Å². The molecule has 2 aliphatic rings. The van der Waals surface area contributed by atoms with Crippen molar-refractivity contribution in [2.75, 3.05) is 44.4 Å². The zero-order valence-electron chi connectivity index (χ0n) is 26.4. The first-order valence-corrected chi connectivity index (χ1v) is 16.1. The molecule has 0 unspecified atom stereocenters. The second-order valence-corrected chi connectivity index (χ2v) is 13.2. The van der Waals surface area contributed by atoms with Crippen LogP contribution in [0.2, 0.25) is 0 Å². The van der Waals surface area contributed by atoms with Gasteiger partial charge >= 0.3 is 12.2 Å². The molecule has 9 nitrogen and oxygen atoms in total. The molecule has 2 N–H and O–H groups in total. The van der Waals surface area contributed by atoms with E-state index < -0.39 is 40.5 Å². The Morgan fingerprint density at radius 2 is 2.02 bits per heavy atom. The Kier molecular flexibility index (Phi) is 8.67. The standard InChI is InChI=1S/C33H32F5N7O2S/c1-5-24(46)45-12-10-23(16(45)2)44(4)31-19-13-21(33(36,37)38)26(18-8-9-22(34)29-25(18)20(14-39)30(40)48-29)27(35)28(19)41-32(42-31)47-15-17-7-6-11-43(17)3/h5,8-9,13,16-17,23H,1,6-7,10-12,15,40H2,2-4H3/t16-,17+,23-/m1/s1. The van der Waals surface area contributed by atoms with E-state index in [1.165, 1.54) is 6.08 Å². The van der Waals surface area contributed by atoms with Crippen molar-refractivity contribution in [3.05, 3.63) is 53.6 Å². The third-order valence-corrected chi connectivity index (χ3v) is 10.5. The lowest BCUT2D eigenvalue weighted by Crippen LogP contribution is -2.43. The lowest BCUT2D eigenvalue weighted by molar-refractivity contribution is -0.137. The maximum Gasteiger partial charge on any atom is 0.417 e. The Bertz CT molecular complexity index is 1990. The number of nitrogens with two attached hydrogens (primary N) is 1. The molecule has 2 aromatic heterocycles. The van der Waals surface area contributed by atoms with E-state index in [1.807, 2.05) is 20.0 Å². The average molecular weight is 686 g/mol. The molecule has 2 saturated heterocycles. The molecule has 0 bridgehead atoms. The molecule has 1 amide bonds. The van der Waals surface area contributed by atoms with Crippen molar-refractivity contribution in [2.24, 2.45) is 0 Å². The summed E-state index contributed by atoms with van der Waals surface area (Å²) >= 11 is 0.693. The predicted octanol–water partition coefficient (Wildman–Crippen LogP) is 6.35. The third kappa shape index (κ3) is 5.56. The van der Waals surface area contributed by atoms with E-state index in [-0.39, 0.29) is 68.0 Å². The van der Waals surface area contributed by atoms with Crippen LogP contribution in [0.4, 0.5) is 32.8 Å². The Morgan fingerprint density at radius 1 is 1.27 bits per heavy atom. The summed E-state index contributed by atoms with van der Waals surface area (Å²) in [5.74, 6) is -2.46. The summed E-state index contributed by atoms with van der Waals surface area (Å²) in [6.07, 6.45) is -1.63. The van der Waals surface area contributed by atoms with Gasteiger partial charge in [-0.1, -0.05) is 12.6 Å². The Morgan fingerprint density at radius 3 is 2.67 bits per heavy atom. The smallest absolute Gasteiger partial charge is 0.417 e. The van der Waals surface area contributed by atoms with Gasteiger partial charge in [0.05, 0.1) is 21.9 Å². The van der Waals surface area contributed by atoms with E-state index in [4.69, 9.17) is 10.5 Å². The van der Waals surface area contributed by atoms with Crippen molar-refractivity contribution in [1.82, 2.24) is 19.8 Å². The molecule has 252 valence electrons. The molecule has 4 heterocycles. The third-order valence-electron chi connectivity index (χ3n) is 9.47. The van der Waals surface area contributed by atoms with Gasteiger partial charge in [0.1, 0.15) is 34.8 Å². The van der Waals surface area contributed by atoms with Gasteiger partial charge in [-0.15, -0.1) is 11.3 Å². The number of hydrogen-bond acceptors (Lipinski definition) is 9. The molecule has 48 heavy (non-hydrogen) atoms. The van der Waals surface area contributed by atoms with E-state index >= 15 is 4.39 Å². The van der Waals surface area contributed by atoms with Crippen molar-refractivity contribution in [3.8, 4) is 23.2 Å². The molecule has 3 atom stereocenters. The van der Waals surface area contributed by atoms with Crippen molar-refractivity contribution >= 4 is 49.1 Å². The van der Waals surface area contributed by atoms with Crippen LogP contribution in [0.3, 0.4) is 0 Å². The summed E-state index contributed by atoms with van der Waals surface area (Å²) in [5, 5.41) is 9.23. The number of nitrogen functional groups attached to an aromatic ring is 1. The van der Waals surface area contributed by atoms with Crippen LogP contribution in [0.5, 0.6) is 6.01 Å². The monoisotopic (exact) mass is 685 g/mol. The van der Waals surface area contributed by atoms with Crippen LogP contribution in [0.15, 0.2) is 30.9 Å². The number of fused-ring (bicyclic) bond motifs is 2. The highest BCUT2D eigenvalue weighted by Gasteiger charge is 2.40. The van der Waals surface area contributed by atoms with Gasteiger partial charge in [0.15, 0.2) is 5.82 Å². The van der Waals surface area contributed by atoms with Gasteiger partial charge in [-0.3, -0.25) is 4.79 Å². The molecule has 2 fully saturated rings. The topological polar surface area (TPSA) is 112 Å². The number of thiophene rings is 1. The number of ether oxygens (including phenoxy) is 1. The van der Waals surface area contributed by atoms with Gasteiger partial charge in [0.2, 0.25) is 5.91 Å². The fraction of sp³-hybridized carbons (Fsp3) is 0.394. The van der Waals surface area contributed by atoms with Crippen LogP contribution in [-0.2, 0) is 11.0 Å². The lowest BCUT2D eigenvalue weighted by atomic mass is 9.92. The van der Waals surface area contributed by atoms with E-state index in [9.17, 15) is 27.6 Å². The van der Waals surface area contributed by atoms with Crippen LogP contribution >= 0.6 is 11.3 Å². The van der Waals surface area contributed by atoms with Gasteiger partial charge in [-0.25, -0.2) is 8.78 Å². The van der Waals surface area contributed by atoms with Crippen molar-refractivity contribution in [1.29, 1.82) is 5.26 Å². The Hall–Kier alpha value is -4.55. The van der Waals surface area contributed by atoms with Crippen molar-refractivity contribution in [3.63, 3.8) is 0 Å². The van der Waals surface area contributed by atoms with Gasteiger partial charge in [0, 0.05) is 42.0 Å². The number of likely N-dealkylation sites (tertiary alicyclic amines) is 2. The highest BCUT2D eigenvalue weighted by molar-refractivity contribution is 7.23. The summed E-state index contributed by atoms with van der Waals surface area (Å²) in [7, 11) is 3.56. The minimum Gasteiger partial charge on any atom is -0.462 e. The summed E-state index contributed by atoms with van der Waals surface area (Å²) in [5.41, 5.74) is 2.62. The molecule has 4 aromatic rings. The number of benzene rings is 2. The first-order chi connectivity index (χ1) is 22.8. The van der Waals surface area contributed by atoms with E-state index in [0.29, 0.717) is 24.3 Å². The van der Waals surface area contributed by atoms with Gasteiger partial charge in [-0.05, 0) is 63.6 Å². The number of carbonyl (C=O) groups is 1. The number of rotatable bonds is 7. The fourth-order valence-electron chi connectivity index (χ4n) is 6.91. The largest absolute Gasteiger partial charge is 0.462 e. The van der Waals surface area contributed by atoms with Gasteiger partial charge in [-0.2, -0.15) is 28.4 Å². The quantitative estimate of drug-likeness (QED) is 0.177. The zero-order valence-corrected chi connectivity index (χ0v) is 27.2. The molecule has 0 saturated carbocycles. The number of nitriles is 1. The minimum atomic E-state index is -5.09. The first-order valence-electron chi connectivity index (χ1n) is 15.3. The number of halogens is 5. The second kappa shape index (κ2) is 12.5. The first kappa shape index (κ1) is 33.4. The molecule has 0 radical (unpaired) electrons. The van der Waals surface area contributed by atoms with E-state index in [1.54, 1.807) is 16.8 Å². The molecule has 0 spiro atoms. The number of hydrogen-bond donors (Lipinski definition) is 1. The van der Waals surface area contributed by atoms with Crippen molar-refractivity contribution < 1.29 is 31.5 Å². The second-order valence-electron chi connectivity index (χ2n) is 12.1. The summed E-state index contributed by atoms with van der Waals surface area (Å²) in [6, 6.07) is 3.55. The predicted molar refractivity (Wildman–Crippen MR) is 174 cm³/mol. The number of anilines is 2. The highest BCUT2D eigenvalue weighted by Crippen LogP contribution is 2.48. The van der Waals surface area contributed by atoms with Crippen LogP contribution < -0.4 is 15.4 Å². The molecule has 6 rings (SSSR count). The van der Waals surface area contributed by atoms with Crippen molar-refractivity contribution in [2.45, 2.75) is 50.5 Å². The maximum absolute atomic E-state index is 17.0. The maximum atomic E-state index is 17.0. The fourth-order valence-corrected chi connectivity index (χ4v) is 7.86. The minimum absolute atomic E-state index is 0.0165. The molecule has 15 heteroatoms. The van der Waals surface area contributed by atoms with Crippen LogP contribution in [-0.4, -0.2) is 77.6 Å². The summed E-state index contributed by atoms with van der Waals surface area (Å²) in [4.78, 5) is 26.6. The van der Waals surface area contributed by atoms with Gasteiger partial charge < -0.3 is 25.2 Å². The number of amides is 1. The number of nitrogens with zero attached hydrogens (tertiary/aromatic N) is 6. The number of alkyl halides is 3. The molecular formula is C33H32F5N7O2S. The Balaban J connectivity index is 1.60.